The lowest BCUT2D eigenvalue weighted by Gasteiger charge is -2.17. The average Bonchev–Trinajstić information content (AvgIpc) is 3.56. The van der Waals surface area contributed by atoms with E-state index in [4.69, 9.17) is 14.2 Å². The van der Waals surface area contributed by atoms with E-state index in [1.807, 2.05) is 17.5 Å². The van der Waals surface area contributed by atoms with Gasteiger partial charge in [0.25, 0.3) is 0 Å². The molecule has 2 heterocycles. The van der Waals surface area contributed by atoms with E-state index in [2.05, 4.69) is 10.2 Å². The summed E-state index contributed by atoms with van der Waals surface area (Å²) in [5, 5.41) is 11.0. The largest absolute Gasteiger partial charge is 0.493 e. The van der Waals surface area contributed by atoms with Crippen LogP contribution >= 0.6 is 23.1 Å². The second kappa shape index (κ2) is 11.4. The Morgan fingerprint density at radius 3 is 2.39 bits per heavy atom. The zero-order valence-corrected chi connectivity index (χ0v) is 21.9. The number of aromatic nitrogens is 3. The van der Waals surface area contributed by atoms with Crippen LogP contribution in [0.2, 0.25) is 0 Å². The van der Waals surface area contributed by atoms with Gasteiger partial charge in [0.15, 0.2) is 22.5 Å². The molecule has 0 spiro atoms. The molecule has 2 aromatic carbocycles. The number of para-hydroxylation sites is 1. The Labute approximate surface area is 216 Å². The number of rotatable bonds is 10. The molecule has 0 N–H and O–H groups in total. The molecule has 0 bridgehead atoms. The van der Waals surface area contributed by atoms with Gasteiger partial charge >= 0.3 is 0 Å². The molecule has 0 fully saturated rings. The normalized spacial score (nSPS) is 10.8. The smallest absolute Gasteiger partial charge is 0.233 e. The molecule has 0 atom stereocenters. The Morgan fingerprint density at radius 1 is 1.06 bits per heavy atom. The van der Waals surface area contributed by atoms with Crippen molar-refractivity contribution in [3.63, 3.8) is 0 Å². The van der Waals surface area contributed by atoms with E-state index in [-0.39, 0.29) is 17.3 Å². The first kappa shape index (κ1) is 25.5. The first-order valence-electron chi connectivity index (χ1n) is 10.9. The van der Waals surface area contributed by atoms with Crippen LogP contribution in [0.4, 0.5) is 4.39 Å². The minimum absolute atomic E-state index is 0.0779. The maximum Gasteiger partial charge on any atom is 0.233 e. The summed E-state index contributed by atoms with van der Waals surface area (Å²) in [6, 6.07) is 13.7. The Bertz CT molecular complexity index is 1320. The Kier molecular flexibility index (Phi) is 8.11. The highest BCUT2D eigenvalue weighted by Gasteiger charge is 2.23. The fraction of sp³-hybridized carbons (Fsp3) is 0.240. The predicted molar refractivity (Wildman–Crippen MR) is 138 cm³/mol. The van der Waals surface area contributed by atoms with Crippen LogP contribution in [0.1, 0.15) is 4.88 Å². The molecule has 0 radical (unpaired) electrons. The van der Waals surface area contributed by atoms with Crippen molar-refractivity contribution < 1.29 is 23.4 Å². The summed E-state index contributed by atoms with van der Waals surface area (Å²) in [6.45, 7) is 0.522. The topological polar surface area (TPSA) is 78.7 Å². The highest BCUT2D eigenvalue weighted by Crippen LogP contribution is 2.42. The molecular weight excluding hydrogens is 503 g/mol. The molecule has 36 heavy (non-hydrogen) atoms. The predicted octanol–water partition coefficient (Wildman–Crippen LogP) is 4.91. The number of thioether (sulfide) groups is 1. The van der Waals surface area contributed by atoms with Gasteiger partial charge in [-0.2, -0.15) is 0 Å². The average molecular weight is 529 g/mol. The lowest BCUT2D eigenvalue weighted by molar-refractivity contribution is -0.127. The second-order valence-corrected chi connectivity index (χ2v) is 9.60. The van der Waals surface area contributed by atoms with Crippen LogP contribution in [0.3, 0.4) is 0 Å². The molecule has 2 aromatic heterocycles. The number of benzene rings is 2. The maximum atomic E-state index is 14.9. The Morgan fingerprint density at radius 2 is 1.78 bits per heavy atom. The molecule has 4 aromatic rings. The summed E-state index contributed by atoms with van der Waals surface area (Å²) in [5.74, 6) is 1.23. The third kappa shape index (κ3) is 5.31. The lowest BCUT2D eigenvalue weighted by Crippen LogP contribution is -2.27. The van der Waals surface area contributed by atoms with E-state index in [1.54, 1.807) is 58.2 Å². The van der Waals surface area contributed by atoms with E-state index < -0.39 is 5.82 Å². The van der Waals surface area contributed by atoms with Gasteiger partial charge < -0.3 is 19.1 Å². The van der Waals surface area contributed by atoms with E-state index in [1.165, 1.54) is 39.2 Å². The molecule has 0 saturated carbocycles. The number of hydrogen-bond acceptors (Lipinski definition) is 8. The summed E-state index contributed by atoms with van der Waals surface area (Å²) in [7, 11) is 6.30. The highest BCUT2D eigenvalue weighted by atomic mass is 32.2. The van der Waals surface area contributed by atoms with Crippen molar-refractivity contribution in [2.75, 3.05) is 34.1 Å². The van der Waals surface area contributed by atoms with Crippen molar-refractivity contribution in [1.29, 1.82) is 0 Å². The number of thiophene rings is 1. The number of hydrogen-bond donors (Lipinski definition) is 0. The fourth-order valence-corrected chi connectivity index (χ4v) is 5.21. The van der Waals surface area contributed by atoms with Crippen molar-refractivity contribution in [1.82, 2.24) is 19.7 Å². The first-order valence-corrected chi connectivity index (χ1v) is 12.7. The number of carbonyl (C=O) groups is 1. The van der Waals surface area contributed by atoms with Crippen LogP contribution in [0.15, 0.2) is 59.1 Å². The van der Waals surface area contributed by atoms with E-state index >= 15 is 0 Å². The standard InChI is InChI=1S/C25H25FN4O4S2/c1-29(14-17-8-7-11-35-17)22(31)15-36-25-28-27-24(30(25)19-10-6-5-9-18(19)26)16-12-20(32-2)23(34-4)21(13-16)33-3/h5-13H,14-15H2,1-4H3. The van der Waals surface area contributed by atoms with E-state index in [0.717, 1.165) is 4.88 Å². The number of nitrogens with zero attached hydrogens (tertiary/aromatic N) is 4. The quantitative estimate of drug-likeness (QED) is 0.271. The summed E-state index contributed by atoms with van der Waals surface area (Å²) < 4.78 is 32.9. The van der Waals surface area contributed by atoms with Gasteiger partial charge in [-0.1, -0.05) is 30.0 Å². The first-order chi connectivity index (χ1) is 17.5. The SMILES string of the molecule is COc1cc(-c2nnc(SCC(=O)N(C)Cc3cccs3)n2-c2ccccc2F)cc(OC)c1OC. The molecule has 4 rings (SSSR count). The van der Waals surface area contributed by atoms with Crippen LogP contribution in [0, 0.1) is 5.82 Å². The summed E-state index contributed by atoms with van der Waals surface area (Å²) in [6.07, 6.45) is 0. The molecule has 0 aliphatic heterocycles. The number of halogens is 1. The lowest BCUT2D eigenvalue weighted by atomic mass is 10.1. The van der Waals surface area contributed by atoms with Crippen molar-refractivity contribution in [3.05, 3.63) is 64.6 Å². The van der Waals surface area contributed by atoms with Gasteiger partial charge in [0.2, 0.25) is 11.7 Å². The van der Waals surface area contributed by atoms with Crippen LogP contribution in [-0.2, 0) is 11.3 Å². The number of amides is 1. The van der Waals surface area contributed by atoms with E-state index in [9.17, 15) is 9.18 Å². The zero-order chi connectivity index (χ0) is 25.7. The minimum Gasteiger partial charge on any atom is -0.493 e. The van der Waals surface area contributed by atoms with Crippen LogP contribution in [-0.4, -0.2) is 59.7 Å². The molecule has 0 aliphatic carbocycles. The summed E-state index contributed by atoms with van der Waals surface area (Å²) >= 11 is 2.79. The molecule has 0 aliphatic rings. The van der Waals surface area contributed by atoms with Crippen LogP contribution < -0.4 is 14.2 Å². The minimum atomic E-state index is -0.450. The van der Waals surface area contributed by atoms with Gasteiger partial charge in [-0.25, -0.2) is 4.39 Å². The maximum absolute atomic E-state index is 14.9. The molecule has 188 valence electrons. The molecule has 0 unspecified atom stereocenters. The fourth-order valence-electron chi connectivity index (χ4n) is 3.57. The molecule has 8 nitrogen and oxygen atoms in total. The third-order valence-electron chi connectivity index (χ3n) is 5.37. The molecule has 1 amide bonds. The van der Waals surface area contributed by atoms with Crippen molar-refractivity contribution in [2.24, 2.45) is 0 Å². The Hall–Kier alpha value is -3.57. The van der Waals surface area contributed by atoms with Gasteiger partial charge in [-0.05, 0) is 35.7 Å². The van der Waals surface area contributed by atoms with Gasteiger partial charge in [-0.15, -0.1) is 21.5 Å². The van der Waals surface area contributed by atoms with Gasteiger partial charge in [0.05, 0.1) is 39.3 Å². The Balaban J connectivity index is 1.70. The highest BCUT2D eigenvalue weighted by molar-refractivity contribution is 7.99. The van der Waals surface area contributed by atoms with Crippen LogP contribution in [0.25, 0.3) is 17.1 Å². The summed E-state index contributed by atoms with van der Waals surface area (Å²) in [4.78, 5) is 15.6. The van der Waals surface area contributed by atoms with Crippen molar-refractivity contribution >= 4 is 29.0 Å². The van der Waals surface area contributed by atoms with Gasteiger partial charge in [0.1, 0.15) is 5.82 Å². The number of methoxy groups -OCH3 is 3. The van der Waals surface area contributed by atoms with Crippen molar-refractivity contribution in [3.8, 4) is 34.3 Å². The second-order valence-electron chi connectivity index (χ2n) is 7.62. The number of ether oxygens (including phenoxy) is 3. The zero-order valence-electron chi connectivity index (χ0n) is 20.2. The number of carbonyl (C=O) groups excluding carboxylic acids is 1. The van der Waals surface area contributed by atoms with Gasteiger partial charge in [0, 0.05) is 17.5 Å². The van der Waals surface area contributed by atoms with Crippen LogP contribution in [0.5, 0.6) is 17.2 Å². The molecule has 0 saturated heterocycles. The summed E-state index contributed by atoms with van der Waals surface area (Å²) in [5.41, 5.74) is 0.835. The molecule has 11 heteroatoms. The van der Waals surface area contributed by atoms with Gasteiger partial charge in [-0.3, -0.25) is 9.36 Å². The monoisotopic (exact) mass is 528 g/mol. The molecular formula is C25H25FN4O4S2. The van der Waals surface area contributed by atoms with E-state index in [0.29, 0.717) is 40.3 Å². The van der Waals surface area contributed by atoms with Crippen molar-refractivity contribution in [2.45, 2.75) is 11.7 Å². The third-order valence-corrected chi connectivity index (χ3v) is 7.15.